The quantitative estimate of drug-likeness (QED) is 0.453. The van der Waals surface area contributed by atoms with Gasteiger partial charge in [-0.05, 0) is 12.1 Å². The number of hydrogen-bond donors (Lipinski definition) is 0. The summed E-state index contributed by atoms with van der Waals surface area (Å²) in [6.45, 7) is 0.0938. The first-order chi connectivity index (χ1) is 8.54. The van der Waals surface area contributed by atoms with E-state index in [1.807, 2.05) is 18.2 Å². The van der Waals surface area contributed by atoms with E-state index in [4.69, 9.17) is 4.42 Å². The van der Waals surface area contributed by atoms with Crippen molar-refractivity contribution in [2.75, 3.05) is 6.61 Å². The summed E-state index contributed by atoms with van der Waals surface area (Å²) in [5.74, 6) is 0.750. The molecule has 2 aromatic rings. The first-order valence-corrected chi connectivity index (χ1v) is 6.51. The van der Waals surface area contributed by atoms with Crippen LogP contribution in [0.5, 0.6) is 0 Å². The minimum Gasteiger partial charge on any atom is -0.726 e. The van der Waals surface area contributed by atoms with Gasteiger partial charge in [-0.1, -0.05) is 0 Å². The van der Waals surface area contributed by atoms with Crippen molar-refractivity contribution < 1.29 is 26.1 Å². The zero-order valence-corrected chi connectivity index (χ0v) is 10.2. The lowest BCUT2D eigenvalue weighted by Gasteiger charge is -2.05. The molecule has 0 fully saturated rings. The molecule has 2 aromatic heterocycles. The highest BCUT2D eigenvalue weighted by molar-refractivity contribution is 7.80. The summed E-state index contributed by atoms with van der Waals surface area (Å²) in [6, 6.07) is 7.28. The van der Waals surface area contributed by atoms with Gasteiger partial charge in [0, 0.05) is 17.7 Å². The Morgan fingerprint density at radius 3 is 2.56 bits per heavy atom. The number of rotatable bonds is 5. The summed E-state index contributed by atoms with van der Waals surface area (Å²) < 4.78 is 41.7. The van der Waals surface area contributed by atoms with E-state index in [1.54, 1.807) is 29.3 Å². The van der Waals surface area contributed by atoms with Gasteiger partial charge < -0.3 is 8.97 Å². The van der Waals surface area contributed by atoms with Crippen LogP contribution in [0, 0.1) is 0 Å². The molecule has 0 saturated carbocycles. The van der Waals surface area contributed by atoms with Crippen molar-refractivity contribution in [3.8, 4) is 11.3 Å². The van der Waals surface area contributed by atoms with E-state index in [0.29, 0.717) is 0 Å². The highest BCUT2D eigenvalue weighted by atomic mass is 32.3. The fourth-order valence-electron chi connectivity index (χ4n) is 1.46. The number of aromatic nitrogens is 1. The summed E-state index contributed by atoms with van der Waals surface area (Å²) >= 11 is 0. The lowest BCUT2D eigenvalue weighted by atomic mass is 10.2. The second kappa shape index (κ2) is 5.30. The molecule has 0 aliphatic carbocycles. The standard InChI is InChI=1S/C11H11NO5S/c13-18(14,15)17-9-7-12-5-3-10(4-6-12)11-2-1-8-16-11/h1-6,8H,7,9H2. The van der Waals surface area contributed by atoms with Crippen LogP contribution in [-0.2, 0) is 21.1 Å². The first kappa shape index (κ1) is 12.7. The molecule has 0 amide bonds. The predicted molar refractivity (Wildman–Crippen MR) is 60.0 cm³/mol. The van der Waals surface area contributed by atoms with Crippen molar-refractivity contribution in [3.05, 3.63) is 42.9 Å². The monoisotopic (exact) mass is 269 g/mol. The van der Waals surface area contributed by atoms with E-state index in [9.17, 15) is 13.0 Å². The number of hydrogen-bond acceptors (Lipinski definition) is 5. The van der Waals surface area contributed by atoms with E-state index >= 15 is 0 Å². The molecule has 2 heterocycles. The molecular formula is C11H11NO5S. The molecule has 2 rings (SSSR count). The summed E-state index contributed by atoms with van der Waals surface area (Å²) in [4.78, 5) is 0. The van der Waals surface area contributed by atoms with Gasteiger partial charge in [0.15, 0.2) is 18.9 Å². The number of furan rings is 1. The minimum atomic E-state index is -4.62. The lowest BCUT2D eigenvalue weighted by molar-refractivity contribution is -0.697. The SMILES string of the molecule is O=S(=O)([O-])OCC[n+]1ccc(-c2ccco2)cc1. The van der Waals surface area contributed by atoms with Gasteiger partial charge in [0.2, 0.25) is 10.4 Å². The highest BCUT2D eigenvalue weighted by Crippen LogP contribution is 2.17. The molecule has 0 aromatic carbocycles. The van der Waals surface area contributed by atoms with Crippen LogP contribution in [0.4, 0.5) is 0 Å². The fraction of sp³-hybridized carbons (Fsp3) is 0.182. The third kappa shape index (κ3) is 3.66. The minimum absolute atomic E-state index is 0.184. The zero-order valence-electron chi connectivity index (χ0n) is 9.35. The maximum absolute atomic E-state index is 10.2. The highest BCUT2D eigenvalue weighted by Gasteiger charge is 2.05. The second-order valence-electron chi connectivity index (χ2n) is 3.53. The van der Waals surface area contributed by atoms with Gasteiger partial charge in [0.1, 0.15) is 12.4 Å². The van der Waals surface area contributed by atoms with Crippen molar-refractivity contribution in [1.29, 1.82) is 0 Å². The van der Waals surface area contributed by atoms with E-state index in [-0.39, 0.29) is 13.2 Å². The molecule has 0 bridgehead atoms. The fourth-order valence-corrected chi connectivity index (χ4v) is 1.74. The Kier molecular flexibility index (Phi) is 3.75. The Hall–Kier alpha value is -1.70. The van der Waals surface area contributed by atoms with Gasteiger partial charge in [0.25, 0.3) is 0 Å². The molecule has 96 valence electrons. The molecule has 0 spiro atoms. The van der Waals surface area contributed by atoms with Crippen LogP contribution in [0.15, 0.2) is 47.3 Å². The van der Waals surface area contributed by atoms with Gasteiger partial charge in [0.05, 0.1) is 6.26 Å². The molecule has 18 heavy (non-hydrogen) atoms. The van der Waals surface area contributed by atoms with Crippen LogP contribution < -0.4 is 4.57 Å². The third-order valence-corrected chi connectivity index (χ3v) is 2.73. The summed E-state index contributed by atoms with van der Waals surface area (Å²) in [5, 5.41) is 0. The van der Waals surface area contributed by atoms with Crippen LogP contribution >= 0.6 is 0 Å². The van der Waals surface area contributed by atoms with E-state index in [1.165, 1.54) is 0 Å². The maximum atomic E-state index is 10.2. The molecule has 0 atom stereocenters. The summed E-state index contributed by atoms with van der Waals surface area (Å²) in [7, 11) is -4.62. The van der Waals surface area contributed by atoms with Gasteiger partial charge in [-0.25, -0.2) is 13.0 Å². The van der Waals surface area contributed by atoms with Crippen molar-refractivity contribution in [2.45, 2.75) is 6.54 Å². The predicted octanol–water partition coefficient (Wildman–Crippen LogP) is 0.711. The number of pyridine rings is 1. The van der Waals surface area contributed by atoms with Gasteiger partial charge in [-0.15, -0.1) is 0 Å². The van der Waals surface area contributed by atoms with Crippen molar-refractivity contribution in [2.24, 2.45) is 0 Å². The lowest BCUT2D eigenvalue weighted by Crippen LogP contribution is -2.35. The van der Waals surface area contributed by atoms with Crippen LogP contribution in [0.2, 0.25) is 0 Å². The summed E-state index contributed by atoms with van der Waals surface area (Å²) in [5.41, 5.74) is 0.911. The second-order valence-corrected chi connectivity index (χ2v) is 4.58. The Labute approximate surface area is 104 Å². The molecule has 0 radical (unpaired) electrons. The molecular weight excluding hydrogens is 258 g/mol. The normalized spacial score (nSPS) is 11.6. The van der Waals surface area contributed by atoms with Crippen molar-refractivity contribution in [3.63, 3.8) is 0 Å². The molecule has 0 aliphatic heterocycles. The van der Waals surface area contributed by atoms with E-state index in [0.717, 1.165) is 11.3 Å². The topological polar surface area (TPSA) is 83.5 Å². The molecule has 0 unspecified atom stereocenters. The number of nitrogens with zero attached hydrogens (tertiary/aromatic N) is 1. The average molecular weight is 269 g/mol. The Morgan fingerprint density at radius 1 is 1.28 bits per heavy atom. The van der Waals surface area contributed by atoms with Crippen LogP contribution in [0.3, 0.4) is 0 Å². The maximum Gasteiger partial charge on any atom is 0.217 e. The van der Waals surface area contributed by atoms with Crippen LogP contribution in [0.25, 0.3) is 11.3 Å². The van der Waals surface area contributed by atoms with Gasteiger partial charge >= 0.3 is 0 Å². The van der Waals surface area contributed by atoms with Gasteiger partial charge in [-0.3, -0.25) is 4.18 Å². The smallest absolute Gasteiger partial charge is 0.217 e. The van der Waals surface area contributed by atoms with E-state index in [2.05, 4.69) is 4.18 Å². The first-order valence-electron chi connectivity index (χ1n) is 5.18. The molecule has 0 aliphatic rings. The average Bonchev–Trinajstić information content (AvgIpc) is 2.82. The van der Waals surface area contributed by atoms with Crippen LogP contribution in [0.1, 0.15) is 0 Å². The molecule has 7 heteroatoms. The Morgan fingerprint density at radius 2 is 2.00 bits per heavy atom. The Balaban J connectivity index is 1.96. The Bertz CT molecular complexity index is 589. The molecule has 6 nitrogen and oxygen atoms in total. The largest absolute Gasteiger partial charge is 0.726 e. The van der Waals surface area contributed by atoms with Crippen molar-refractivity contribution in [1.82, 2.24) is 0 Å². The molecule has 0 N–H and O–H groups in total. The van der Waals surface area contributed by atoms with Crippen LogP contribution in [-0.4, -0.2) is 19.6 Å². The van der Waals surface area contributed by atoms with Crippen molar-refractivity contribution >= 4 is 10.4 Å². The molecule has 0 saturated heterocycles. The third-order valence-electron chi connectivity index (χ3n) is 2.27. The zero-order chi connectivity index (χ0) is 13.0. The summed E-state index contributed by atoms with van der Waals surface area (Å²) in [6.07, 6.45) is 5.08. The van der Waals surface area contributed by atoms with E-state index < -0.39 is 10.4 Å². The van der Waals surface area contributed by atoms with Gasteiger partial charge in [-0.2, -0.15) is 0 Å².